The van der Waals surface area contributed by atoms with Crippen LogP contribution < -0.4 is 0 Å². The van der Waals surface area contributed by atoms with E-state index >= 15 is 0 Å². The van der Waals surface area contributed by atoms with Crippen molar-refractivity contribution in [1.29, 1.82) is 5.26 Å². The zero-order valence-electron chi connectivity index (χ0n) is 10.00. The lowest BCUT2D eigenvalue weighted by atomic mass is 9.67. The van der Waals surface area contributed by atoms with Gasteiger partial charge in [-0.25, -0.2) is 0 Å². The third-order valence-corrected chi connectivity index (χ3v) is 3.86. The average molecular weight is 209 g/mol. The van der Waals surface area contributed by atoms with E-state index in [0.29, 0.717) is 0 Å². The van der Waals surface area contributed by atoms with E-state index in [9.17, 15) is 10.4 Å². The summed E-state index contributed by atoms with van der Waals surface area (Å²) in [6, 6.07) is 2.40. The molecule has 1 fully saturated rings. The van der Waals surface area contributed by atoms with Crippen LogP contribution in [0.3, 0.4) is 0 Å². The molecule has 0 aromatic carbocycles. The highest BCUT2D eigenvalue weighted by atomic mass is 16.3. The van der Waals surface area contributed by atoms with Gasteiger partial charge in [0.25, 0.3) is 0 Å². The summed E-state index contributed by atoms with van der Waals surface area (Å²) in [5.74, 6) is 0.727. The van der Waals surface area contributed by atoms with Gasteiger partial charge in [0.2, 0.25) is 0 Å². The van der Waals surface area contributed by atoms with Crippen LogP contribution in [0.4, 0.5) is 0 Å². The number of hydrogen-bond acceptors (Lipinski definition) is 2. The Morgan fingerprint density at radius 2 is 2.07 bits per heavy atom. The summed E-state index contributed by atoms with van der Waals surface area (Å²) >= 11 is 0. The van der Waals surface area contributed by atoms with Gasteiger partial charge in [0.05, 0.1) is 17.6 Å². The second-order valence-electron chi connectivity index (χ2n) is 5.11. The second kappa shape index (κ2) is 5.51. The van der Waals surface area contributed by atoms with E-state index in [1.165, 1.54) is 0 Å². The molecule has 0 bridgehead atoms. The van der Waals surface area contributed by atoms with Crippen LogP contribution in [0.1, 0.15) is 58.8 Å². The van der Waals surface area contributed by atoms with Crippen LogP contribution in [0.25, 0.3) is 0 Å². The molecule has 1 unspecified atom stereocenters. The molecule has 86 valence electrons. The van der Waals surface area contributed by atoms with E-state index in [1.807, 2.05) is 0 Å². The van der Waals surface area contributed by atoms with Gasteiger partial charge in [0.15, 0.2) is 0 Å². The Kier molecular flexibility index (Phi) is 4.60. The fourth-order valence-corrected chi connectivity index (χ4v) is 2.47. The van der Waals surface area contributed by atoms with Crippen molar-refractivity contribution in [2.45, 2.75) is 64.9 Å². The zero-order valence-corrected chi connectivity index (χ0v) is 10.00. The van der Waals surface area contributed by atoms with Gasteiger partial charge in [0, 0.05) is 0 Å². The first kappa shape index (κ1) is 12.5. The highest BCUT2D eigenvalue weighted by Gasteiger charge is 2.40. The summed E-state index contributed by atoms with van der Waals surface area (Å²) in [5, 5.41) is 19.4. The molecule has 1 aliphatic rings. The first-order chi connectivity index (χ1) is 7.14. The van der Waals surface area contributed by atoms with Crippen molar-refractivity contribution in [3.63, 3.8) is 0 Å². The molecule has 2 heteroatoms. The van der Waals surface area contributed by atoms with Crippen molar-refractivity contribution >= 4 is 0 Å². The molecule has 2 nitrogen and oxygen atoms in total. The minimum absolute atomic E-state index is 0.407. The van der Waals surface area contributed by atoms with Crippen molar-refractivity contribution in [3.8, 4) is 6.07 Å². The van der Waals surface area contributed by atoms with Gasteiger partial charge in [-0.15, -0.1) is 0 Å². The number of unbranched alkanes of at least 4 members (excludes halogenated alkanes) is 1. The van der Waals surface area contributed by atoms with Crippen LogP contribution in [-0.2, 0) is 0 Å². The molecule has 0 spiro atoms. The number of aliphatic hydroxyl groups is 1. The Labute approximate surface area is 93.3 Å². The third kappa shape index (κ3) is 2.95. The Balaban J connectivity index is 2.57. The van der Waals surface area contributed by atoms with Crippen LogP contribution in [-0.4, -0.2) is 11.2 Å². The molecule has 0 aromatic heterocycles. The maximum Gasteiger partial charge on any atom is 0.0832 e. The van der Waals surface area contributed by atoms with Crippen LogP contribution in [0.2, 0.25) is 0 Å². The summed E-state index contributed by atoms with van der Waals surface area (Å²) < 4.78 is 0. The van der Waals surface area contributed by atoms with Crippen molar-refractivity contribution in [3.05, 3.63) is 0 Å². The third-order valence-electron chi connectivity index (χ3n) is 3.86. The summed E-state index contributed by atoms with van der Waals surface area (Å²) in [7, 11) is 0. The monoisotopic (exact) mass is 209 g/mol. The Morgan fingerprint density at radius 1 is 1.47 bits per heavy atom. The fraction of sp³-hybridized carbons (Fsp3) is 0.923. The van der Waals surface area contributed by atoms with Crippen LogP contribution in [0.15, 0.2) is 0 Å². The molecule has 15 heavy (non-hydrogen) atoms. The van der Waals surface area contributed by atoms with E-state index in [0.717, 1.165) is 50.9 Å². The molecule has 1 saturated carbocycles. The lowest BCUT2D eigenvalue weighted by Gasteiger charge is -2.37. The SMILES string of the molecule is CCCCC(O)C1(C#N)CCC(C)CC1. The molecule has 0 aromatic rings. The molecule has 0 radical (unpaired) electrons. The number of nitrogens with zero attached hydrogens (tertiary/aromatic N) is 1. The Hall–Kier alpha value is -0.550. The maximum absolute atomic E-state index is 10.1. The number of hydrogen-bond donors (Lipinski definition) is 1. The minimum atomic E-state index is -0.429. The van der Waals surface area contributed by atoms with Gasteiger partial charge in [-0.3, -0.25) is 0 Å². The second-order valence-corrected chi connectivity index (χ2v) is 5.11. The predicted molar refractivity (Wildman–Crippen MR) is 61.2 cm³/mol. The predicted octanol–water partition coefficient (Wildman–Crippen LogP) is 3.26. The van der Waals surface area contributed by atoms with Crippen molar-refractivity contribution in [2.24, 2.45) is 11.3 Å². The van der Waals surface area contributed by atoms with Crippen LogP contribution in [0.5, 0.6) is 0 Å². The molecule has 0 amide bonds. The van der Waals surface area contributed by atoms with Crippen molar-refractivity contribution in [2.75, 3.05) is 0 Å². The van der Waals surface area contributed by atoms with Crippen molar-refractivity contribution in [1.82, 2.24) is 0 Å². The van der Waals surface area contributed by atoms with Gasteiger partial charge in [-0.05, 0) is 38.0 Å². The minimum Gasteiger partial charge on any atom is -0.391 e. The molecular weight excluding hydrogens is 186 g/mol. The van der Waals surface area contributed by atoms with Crippen molar-refractivity contribution < 1.29 is 5.11 Å². The standard InChI is InChI=1S/C13H23NO/c1-3-4-5-12(15)13(10-14)8-6-11(2)7-9-13/h11-12,15H,3-9H2,1-2H3. The number of nitriles is 1. The normalized spacial score (nSPS) is 33.3. The number of aliphatic hydroxyl groups excluding tert-OH is 1. The van der Waals surface area contributed by atoms with Gasteiger partial charge < -0.3 is 5.11 Å². The zero-order chi connectivity index (χ0) is 11.3. The summed E-state index contributed by atoms with van der Waals surface area (Å²) in [4.78, 5) is 0. The fourth-order valence-electron chi connectivity index (χ4n) is 2.47. The quantitative estimate of drug-likeness (QED) is 0.772. The topological polar surface area (TPSA) is 44.0 Å². The first-order valence-electron chi connectivity index (χ1n) is 6.24. The molecular formula is C13H23NO. The largest absolute Gasteiger partial charge is 0.391 e. The average Bonchev–Trinajstić information content (AvgIpc) is 2.27. The van der Waals surface area contributed by atoms with Gasteiger partial charge >= 0.3 is 0 Å². The molecule has 1 N–H and O–H groups in total. The summed E-state index contributed by atoms with van der Waals surface area (Å²) in [5.41, 5.74) is -0.429. The number of rotatable bonds is 4. The first-order valence-corrected chi connectivity index (χ1v) is 6.24. The van der Waals surface area contributed by atoms with Gasteiger partial charge in [-0.2, -0.15) is 5.26 Å². The van der Waals surface area contributed by atoms with E-state index < -0.39 is 11.5 Å². The van der Waals surface area contributed by atoms with Crippen LogP contribution in [0, 0.1) is 22.7 Å². The van der Waals surface area contributed by atoms with E-state index in [1.54, 1.807) is 0 Å². The van der Waals surface area contributed by atoms with E-state index in [-0.39, 0.29) is 0 Å². The molecule has 1 aliphatic carbocycles. The van der Waals surface area contributed by atoms with Gasteiger partial charge in [-0.1, -0.05) is 26.7 Å². The summed E-state index contributed by atoms with van der Waals surface area (Å²) in [6.45, 7) is 4.36. The maximum atomic E-state index is 10.1. The smallest absolute Gasteiger partial charge is 0.0832 e. The highest BCUT2D eigenvalue weighted by molar-refractivity contribution is 5.05. The Bertz CT molecular complexity index is 223. The van der Waals surface area contributed by atoms with Crippen LogP contribution >= 0.6 is 0 Å². The molecule has 0 aliphatic heterocycles. The summed E-state index contributed by atoms with van der Waals surface area (Å²) in [6.07, 6.45) is 6.46. The van der Waals surface area contributed by atoms with Gasteiger partial charge in [0.1, 0.15) is 0 Å². The molecule has 1 rings (SSSR count). The van der Waals surface area contributed by atoms with E-state index in [2.05, 4.69) is 19.9 Å². The van der Waals surface area contributed by atoms with E-state index in [4.69, 9.17) is 0 Å². The molecule has 1 atom stereocenters. The molecule has 0 saturated heterocycles. The molecule has 0 heterocycles. The lowest BCUT2D eigenvalue weighted by Crippen LogP contribution is -2.37. The lowest BCUT2D eigenvalue weighted by molar-refractivity contribution is 0.0207. The Morgan fingerprint density at radius 3 is 2.53 bits per heavy atom. The highest BCUT2D eigenvalue weighted by Crippen LogP contribution is 2.42.